The minimum Gasteiger partial charge on any atom is -0.297 e. The molecule has 0 amide bonds. The van der Waals surface area contributed by atoms with Gasteiger partial charge in [-0.3, -0.25) is 4.90 Å². The second kappa shape index (κ2) is 6.26. The number of likely N-dealkylation sites (tertiary alicyclic amines) is 1. The molecule has 1 atom stereocenters. The van der Waals surface area contributed by atoms with E-state index in [-0.39, 0.29) is 0 Å². The Balaban J connectivity index is 1.56. The molecule has 1 aliphatic heterocycles. The molecule has 1 saturated heterocycles. The van der Waals surface area contributed by atoms with Crippen LogP contribution in [0.25, 0.3) is 0 Å². The molecule has 0 N–H and O–H groups in total. The standard InChI is InChI=1S/C15H19N3S/c1-2-5-13(6-3-1)9-14-7-4-8-18(10-14)11-15-12-19-17-16-15/h1-3,5-6,12,14H,4,7-11H2. The highest BCUT2D eigenvalue weighted by Crippen LogP contribution is 2.21. The van der Waals surface area contributed by atoms with Gasteiger partial charge in [-0.1, -0.05) is 34.8 Å². The van der Waals surface area contributed by atoms with Gasteiger partial charge >= 0.3 is 0 Å². The Bertz CT molecular complexity index is 483. The van der Waals surface area contributed by atoms with Crippen LogP contribution in [0.5, 0.6) is 0 Å². The van der Waals surface area contributed by atoms with Crippen LogP contribution in [0.15, 0.2) is 35.7 Å². The molecular formula is C15H19N3S. The minimum atomic E-state index is 0.780. The third-order valence-electron chi connectivity index (χ3n) is 3.76. The van der Waals surface area contributed by atoms with Crippen LogP contribution < -0.4 is 0 Å². The maximum atomic E-state index is 4.15. The fourth-order valence-electron chi connectivity index (χ4n) is 2.89. The summed E-state index contributed by atoms with van der Waals surface area (Å²) in [5.41, 5.74) is 2.58. The second-order valence-electron chi connectivity index (χ2n) is 5.33. The lowest BCUT2D eigenvalue weighted by Gasteiger charge is -2.32. The molecule has 0 spiro atoms. The number of aromatic nitrogens is 2. The smallest absolute Gasteiger partial charge is 0.0895 e. The van der Waals surface area contributed by atoms with Gasteiger partial charge in [0.1, 0.15) is 0 Å². The summed E-state index contributed by atoms with van der Waals surface area (Å²) >= 11 is 1.44. The Morgan fingerprint density at radius 2 is 2.16 bits per heavy atom. The predicted molar refractivity (Wildman–Crippen MR) is 78.1 cm³/mol. The van der Waals surface area contributed by atoms with Gasteiger partial charge in [0.15, 0.2) is 0 Å². The number of hydrogen-bond acceptors (Lipinski definition) is 4. The summed E-state index contributed by atoms with van der Waals surface area (Å²) in [5, 5.41) is 6.20. The van der Waals surface area contributed by atoms with Crippen molar-refractivity contribution in [2.45, 2.75) is 25.8 Å². The van der Waals surface area contributed by atoms with Crippen molar-refractivity contribution in [2.75, 3.05) is 13.1 Å². The topological polar surface area (TPSA) is 29.0 Å². The molecule has 0 bridgehead atoms. The van der Waals surface area contributed by atoms with E-state index in [0.29, 0.717) is 0 Å². The first-order valence-corrected chi connectivity index (χ1v) is 7.76. The first-order chi connectivity index (χ1) is 9.40. The average Bonchev–Trinajstić information content (AvgIpc) is 2.93. The molecule has 0 radical (unpaired) electrons. The zero-order valence-corrected chi connectivity index (χ0v) is 11.9. The molecule has 3 nitrogen and oxygen atoms in total. The highest BCUT2D eigenvalue weighted by molar-refractivity contribution is 7.03. The summed E-state index contributed by atoms with van der Waals surface area (Å²) in [5.74, 6) is 0.780. The Hall–Kier alpha value is -1.26. The molecule has 100 valence electrons. The van der Waals surface area contributed by atoms with Gasteiger partial charge in [-0.05, 0) is 48.8 Å². The maximum Gasteiger partial charge on any atom is 0.0895 e. The van der Waals surface area contributed by atoms with Crippen LogP contribution >= 0.6 is 11.5 Å². The van der Waals surface area contributed by atoms with Gasteiger partial charge in [-0.25, -0.2) is 0 Å². The zero-order valence-electron chi connectivity index (χ0n) is 11.0. The first-order valence-electron chi connectivity index (χ1n) is 6.92. The van der Waals surface area contributed by atoms with Crippen molar-refractivity contribution in [2.24, 2.45) is 5.92 Å². The van der Waals surface area contributed by atoms with E-state index >= 15 is 0 Å². The third kappa shape index (κ3) is 3.61. The van der Waals surface area contributed by atoms with E-state index in [0.717, 1.165) is 18.2 Å². The Morgan fingerprint density at radius 1 is 1.26 bits per heavy atom. The molecule has 0 saturated carbocycles. The highest BCUT2D eigenvalue weighted by atomic mass is 32.1. The molecule has 1 aliphatic rings. The quantitative estimate of drug-likeness (QED) is 0.857. The van der Waals surface area contributed by atoms with Crippen molar-refractivity contribution in [3.63, 3.8) is 0 Å². The van der Waals surface area contributed by atoms with Crippen molar-refractivity contribution in [3.05, 3.63) is 47.0 Å². The van der Waals surface area contributed by atoms with Crippen molar-refractivity contribution in [1.82, 2.24) is 14.5 Å². The number of rotatable bonds is 4. The van der Waals surface area contributed by atoms with Gasteiger partial charge in [0.25, 0.3) is 0 Å². The van der Waals surface area contributed by atoms with E-state index in [1.807, 2.05) is 0 Å². The van der Waals surface area contributed by atoms with Crippen molar-refractivity contribution >= 4 is 11.5 Å². The van der Waals surface area contributed by atoms with Crippen molar-refractivity contribution in [3.8, 4) is 0 Å². The molecule has 2 aromatic rings. The van der Waals surface area contributed by atoms with Gasteiger partial charge in [0.2, 0.25) is 0 Å². The number of hydrogen-bond donors (Lipinski definition) is 0. The number of nitrogens with zero attached hydrogens (tertiary/aromatic N) is 3. The lowest BCUT2D eigenvalue weighted by atomic mass is 9.91. The molecule has 1 unspecified atom stereocenters. The largest absolute Gasteiger partial charge is 0.297 e. The average molecular weight is 273 g/mol. The van der Waals surface area contributed by atoms with Crippen LogP contribution in [0.3, 0.4) is 0 Å². The van der Waals surface area contributed by atoms with Gasteiger partial charge in [-0.15, -0.1) is 5.10 Å². The van der Waals surface area contributed by atoms with Crippen LogP contribution in [-0.4, -0.2) is 27.6 Å². The summed E-state index contributed by atoms with van der Waals surface area (Å²) in [6, 6.07) is 10.8. The van der Waals surface area contributed by atoms with Crippen LogP contribution in [-0.2, 0) is 13.0 Å². The summed E-state index contributed by atoms with van der Waals surface area (Å²) in [6.07, 6.45) is 3.85. The SMILES string of the molecule is c1ccc(CC2CCCN(Cc3csnn3)C2)cc1. The zero-order chi connectivity index (χ0) is 12.9. The summed E-state index contributed by atoms with van der Waals surface area (Å²) in [6.45, 7) is 3.34. The molecule has 3 rings (SSSR count). The van der Waals surface area contributed by atoms with E-state index in [2.05, 4.69) is 50.2 Å². The molecule has 2 heterocycles. The van der Waals surface area contributed by atoms with Crippen LogP contribution in [0.4, 0.5) is 0 Å². The van der Waals surface area contributed by atoms with Gasteiger partial charge in [-0.2, -0.15) is 0 Å². The van der Waals surface area contributed by atoms with Crippen molar-refractivity contribution in [1.29, 1.82) is 0 Å². The molecule has 0 aliphatic carbocycles. The Kier molecular flexibility index (Phi) is 4.20. The maximum absolute atomic E-state index is 4.15. The van der Waals surface area contributed by atoms with Crippen LogP contribution in [0, 0.1) is 5.92 Å². The predicted octanol–water partition coefficient (Wildman–Crippen LogP) is 2.99. The number of benzene rings is 1. The van der Waals surface area contributed by atoms with Crippen LogP contribution in [0.1, 0.15) is 24.1 Å². The van der Waals surface area contributed by atoms with Gasteiger partial charge < -0.3 is 0 Å². The summed E-state index contributed by atoms with van der Waals surface area (Å²) in [4.78, 5) is 2.52. The fourth-order valence-corrected chi connectivity index (χ4v) is 3.33. The van der Waals surface area contributed by atoms with Crippen LogP contribution in [0.2, 0.25) is 0 Å². The van der Waals surface area contributed by atoms with Gasteiger partial charge in [0.05, 0.1) is 5.69 Å². The first kappa shape index (κ1) is 12.8. The third-order valence-corrected chi connectivity index (χ3v) is 4.31. The van der Waals surface area contributed by atoms with E-state index in [1.165, 1.54) is 49.4 Å². The molecule has 19 heavy (non-hydrogen) atoms. The minimum absolute atomic E-state index is 0.780. The van der Waals surface area contributed by atoms with Crippen molar-refractivity contribution < 1.29 is 0 Å². The molecule has 1 aromatic heterocycles. The normalized spacial score (nSPS) is 20.5. The summed E-state index contributed by atoms with van der Waals surface area (Å²) in [7, 11) is 0. The Labute approximate surface area is 118 Å². The lowest BCUT2D eigenvalue weighted by molar-refractivity contribution is 0.165. The highest BCUT2D eigenvalue weighted by Gasteiger charge is 2.20. The lowest BCUT2D eigenvalue weighted by Crippen LogP contribution is -2.35. The molecule has 1 aromatic carbocycles. The molecule has 1 fully saturated rings. The summed E-state index contributed by atoms with van der Waals surface area (Å²) < 4.78 is 3.94. The monoisotopic (exact) mass is 273 g/mol. The van der Waals surface area contributed by atoms with E-state index in [9.17, 15) is 0 Å². The van der Waals surface area contributed by atoms with E-state index in [1.54, 1.807) is 0 Å². The molecule has 4 heteroatoms. The van der Waals surface area contributed by atoms with E-state index in [4.69, 9.17) is 0 Å². The van der Waals surface area contributed by atoms with Gasteiger partial charge in [0, 0.05) is 18.5 Å². The number of piperidine rings is 1. The fraction of sp³-hybridized carbons (Fsp3) is 0.467. The second-order valence-corrected chi connectivity index (χ2v) is 5.94. The van der Waals surface area contributed by atoms with E-state index < -0.39 is 0 Å². The Morgan fingerprint density at radius 3 is 2.95 bits per heavy atom. The molecular weight excluding hydrogens is 254 g/mol.